The summed E-state index contributed by atoms with van der Waals surface area (Å²) in [5, 5.41) is 0. The minimum atomic E-state index is 0. The van der Waals surface area contributed by atoms with Crippen molar-refractivity contribution in [2.24, 2.45) is 0 Å². The summed E-state index contributed by atoms with van der Waals surface area (Å²) >= 11 is 0. The Morgan fingerprint density at radius 3 is 0.750 bits per heavy atom. The second-order valence-electron chi connectivity index (χ2n) is 0. The average molecular weight is 146 g/mol. The van der Waals surface area contributed by atoms with Crippen molar-refractivity contribution in [3.63, 3.8) is 0 Å². The molecule has 0 aliphatic heterocycles. The van der Waals surface area contributed by atoms with Crippen molar-refractivity contribution in [3.05, 3.63) is 0 Å². The van der Waals surface area contributed by atoms with Gasteiger partial charge in [-0.2, -0.15) is 0 Å². The van der Waals surface area contributed by atoms with E-state index in [4.69, 9.17) is 0 Å². The van der Waals surface area contributed by atoms with Gasteiger partial charge in [-0.15, -0.1) is 0 Å². The van der Waals surface area contributed by atoms with Gasteiger partial charge in [0.25, 0.3) is 0 Å². The van der Waals surface area contributed by atoms with Crippen LogP contribution in [0.25, 0.3) is 0 Å². The summed E-state index contributed by atoms with van der Waals surface area (Å²) in [4.78, 5) is 0. The Morgan fingerprint density at radius 1 is 0.750 bits per heavy atom. The van der Waals surface area contributed by atoms with E-state index in [9.17, 15) is 0 Å². The molecule has 0 heterocycles. The van der Waals surface area contributed by atoms with E-state index in [0.29, 0.717) is 0 Å². The zero-order valence-corrected chi connectivity index (χ0v) is 6.23. The quantitative estimate of drug-likeness (QED) is 0.298. The van der Waals surface area contributed by atoms with Gasteiger partial charge < -0.3 is 24.8 Å². The van der Waals surface area contributed by atoms with Crippen LogP contribution in [-0.2, 0) is 18.6 Å². The van der Waals surface area contributed by atoms with Crippen LogP contribution in [0.5, 0.6) is 0 Å². The predicted octanol–water partition coefficient (Wildman–Crippen LogP) is -6.38. The fraction of sp³-hybridized carbons (Fsp3) is 0. The van der Waals surface area contributed by atoms with Gasteiger partial charge >= 0.3 is 23.1 Å². The molecule has 0 rings (SSSR count). The van der Waals surface area contributed by atoms with E-state index < -0.39 is 0 Å². The van der Waals surface area contributed by atoms with Gasteiger partial charge in [0, 0.05) is 18.6 Å². The molecular weight excluding hydrogens is 146 g/mol. The third-order valence-electron chi connectivity index (χ3n) is 0. The summed E-state index contributed by atoms with van der Waals surface area (Å²) in [5.41, 5.74) is 0. The van der Waals surface area contributed by atoms with Crippen molar-refractivity contribution in [3.8, 4) is 0 Å². The molecule has 1 radical (unpaired) electrons. The van der Waals surface area contributed by atoms with E-state index in [0.717, 1.165) is 0 Å². The van der Waals surface area contributed by atoms with E-state index >= 15 is 0 Å². The van der Waals surface area contributed by atoms with Crippen LogP contribution in [0.15, 0.2) is 0 Å². The van der Waals surface area contributed by atoms with Crippen molar-refractivity contribution in [1.29, 1.82) is 0 Å². The average Bonchev–Trinajstić information content (AvgIpc) is 0. The minimum absolute atomic E-state index is 0. The molecule has 0 atom stereocenters. The summed E-state index contributed by atoms with van der Waals surface area (Å²) in [6.45, 7) is 0. The molecule has 4 heteroatoms. The first-order chi connectivity index (χ1) is 0. The van der Waals surface area contributed by atoms with E-state index in [1.54, 1.807) is 0 Å². The van der Waals surface area contributed by atoms with Gasteiger partial charge in [-0.1, -0.05) is 0 Å². The Hall–Kier alpha value is 1.93. The van der Waals surface area contributed by atoms with Gasteiger partial charge in [0.05, 0.1) is 0 Å². The molecule has 0 aromatic rings. The number of hydrogen-bond donors (Lipinski definition) is 0. The van der Waals surface area contributed by atoms with Crippen molar-refractivity contribution in [1.82, 2.24) is 0 Å². The molecule has 0 saturated heterocycles. The molecule has 0 amide bonds. The van der Waals surface area contributed by atoms with Crippen molar-refractivity contribution < 1.29 is 43.4 Å². The molecule has 0 spiro atoms. The summed E-state index contributed by atoms with van der Waals surface area (Å²) in [6.07, 6.45) is 0. The van der Waals surface area contributed by atoms with Gasteiger partial charge in [-0.3, -0.25) is 0 Å². The molecular formula is Cl2MgV. The Morgan fingerprint density at radius 2 is 0.750 bits per heavy atom. The Balaban J connectivity index is 0. The molecule has 0 N–H and O–H groups in total. The van der Waals surface area contributed by atoms with Crippen LogP contribution in [0.2, 0.25) is 0 Å². The van der Waals surface area contributed by atoms with Crippen LogP contribution < -0.4 is 24.8 Å². The minimum Gasteiger partial charge on any atom is -1.00 e. The monoisotopic (exact) mass is 145 g/mol. The van der Waals surface area contributed by atoms with Gasteiger partial charge in [0.2, 0.25) is 0 Å². The topological polar surface area (TPSA) is 0 Å². The van der Waals surface area contributed by atoms with Crippen LogP contribution in [-0.4, -0.2) is 23.1 Å². The molecule has 0 nitrogen and oxygen atoms in total. The zero-order valence-electron chi connectivity index (χ0n) is 1.91. The van der Waals surface area contributed by atoms with Crippen LogP contribution in [0.1, 0.15) is 0 Å². The second kappa shape index (κ2) is 20.4. The van der Waals surface area contributed by atoms with Gasteiger partial charge in [0.15, 0.2) is 0 Å². The standard InChI is InChI=1S/2ClH.Mg.V/h2*1H;;/q;;+2;/p-2. The maximum Gasteiger partial charge on any atom is 2.00 e. The first-order valence-electron chi connectivity index (χ1n) is 0. The fourth-order valence-electron chi connectivity index (χ4n) is 0. The third-order valence-corrected chi connectivity index (χ3v) is 0. The largest absolute Gasteiger partial charge is 2.00 e. The van der Waals surface area contributed by atoms with Crippen LogP contribution in [0.3, 0.4) is 0 Å². The van der Waals surface area contributed by atoms with Crippen LogP contribution in [0.4, 0.5) is 0 Å². The predicted molar refractivity (Wildman–Crippen MR) is 5.75 cm³/mol. The molecule has 0 fully saturated rings. The van der Waals surface area contributed by atoms with E-state index in [2.05, 4.69) is 0 Å². The molecule has 0 unspecified atom stereocenters. The van der Waals surface area contributed by atoms with Crippen molar-refractivity contribution in [2.75, 3.05) is 0 Å². The fourth-order valence-corrected chi connectivity index (χ4v) is 0. The number of rotatable bonds is 0. The Kier molecular flexibility index (Phi) is 198. The molecule has 0 aliphatic carbocycles. The SMILES string of the molecule is [Cl-].[Cl-].[Mg+2].[V]. The Bertz CT molecular complexity index is 6.00. The Labute approximate surface area is 66.0 Å². The third kappa shape index (κ3) is 9.06. The summed E-state index contributed by atoms with van der Waals surface area (Å²) < 4.78 is 0. The van der Waals surface area contributed by atoms with Gasteiger partial charge in [-0.05, 0) is 0 Å². The molecule has 4 heavy (non-hydrogen) atoms. The number of halogens is 2. The van der Waals surface area contributed by atoms with Crippen LogP contribution >= 0.6 is 0 Å². The van der Waals surface area contributed by atoms with Crippen molar-refractivity contribution in [2.45, 2.75) is 0 Å². The number of hydrogen-bond acceptors (Lipinski definition) is 0. The summed E-state index contributed by atoms with van der Waals surface area (Å²) in [6, 6.07) is 0. The first kappa shape index (κ1) is 38.7. The maximum atomic E-state index is 0. The van der Waals surface area contributed by atoms with E-state index in [1.807, 2.05) is 0 Å². The second-order valence-corrected chi connectivity index (χ2v) is 0. The van der Waals surface area contributed by atoms with E-state index in [1.165, 1.54) is 0 Å². The summed E-state index contributed by atoms with van der Waals surface area (Å²) in [5.74, 6) is 0. The van der Waals surface area contributed by atoms with Crippen molar-refractivity contribution >= 4 is 23.1 Å². The molecule has 0 aromatic heterocycles. The first-order valence-corrected chi connectivity index (χ1v) is 0. The molecule has 0 saturated carbocycles. The summed E-state index contributed by atoms with van der Waals surface area (Å²) in [7, 11) is 0. The zero-order chi connectivity index (χ0) is 0. The maximum absolute atomic E-state index is 0. The molecule has 21 valence electrons. The van der Waals surface area contributed by atoms with Gasteiger partial charge in [0.1, 0.15) is 0 Å². The van der Waals surface area contributed by atoms with Crippen LogP contribution in [0, 0.1) is 0 Å². The van der Waals surface area contributed by atoms with E-state index in [-0.39, 0.29) is 66.4 Å². The normalized spacial score (nSPS) is 0. The molecule has 0 bridgehead atoms. The smallest absolute Gasteiger partial charge is 1.00 e. The molecule has 0 aliphatic rings. The molecule has 0 aromatic carbocycles. The van der Waals surface area contributed by atoms with Gasteiger partial charge in [-0.25, -0.2) is 0 Å².